The van der Waals surface area contributed by atoms with Crippen molar-refractivity contribution in [2.75, 3.05) is 26.6 Å². The van der Waals surface area contributed by atoms with Gasteiger partial charge >= 0.3 is 0 Å². The van der Waals surface area contributed by atoms with Gasteiger partial charge in [0.2, 0.25) is 5.91 Å². The highest BCUT2D eigenvalue weighted by Crippen LogP contribution is 2.25. The first kappa shape index (κ1) is 17.3. The number of amides is 2. The van der Waals surface area contributed by atoms with Gasteiger partial charge in [-0.25, -0.2) is 0 Å². The summed E-state index contributed by atoms with van der Waals surface area (Å²) in [6.07, 6.45) is 0.150. The fourth-order valence-corrected chi connectivity index (χ4v) is 2.26. The van der Waals surface area contributed by atoms with Crippen LogP contribution in [0.3, 0.4) is 0 Å². The summed E-state index contributed by atoms with van der Waals surface area (Å²) in [5.74, 6) is 0.841. The number of hydrogen-bond donors (Lipinski definition) is 2. The molecule has 2 aromatic carbocycles. The first-order valence-electron chi connectivity index (χ1n) is 7.40. The molecular formula is C18H20N2O4. The molecule has 6 nitrogen and oxygen atoms in total. The number of anilines is 1. The lowest BCUT2D eigenvalue weighted by atomic mass is 10.1. The van der Waals surface area contributed by atoms with Gasteiger partial charge in [-0.3, -0.25) is 9.59 Å². The fraction of sp³-hybridized carbons (Fsp3) is 0.222. The van der Waals surface area contributed by atoms with Crippen molar-refractivity contribution in [3.8, 4) is 11.5 Å². The number of carbonyl (C=O) groups is 2. The molecule has 2 N–H and O–H groups in total. The average molecular weight is 328 g/mol. The molecule has 0 aliphatic carbocycles. The van der Waals surface area contributed by atoms with Gasteiger partial charge in [-0.1, -0.05) is 12.1 Å². The molecule has 0 heterocycles. The van der Waals surface area contributed by atoms with Crippen LogP contribution in [0.5, 0.6) is 11.5 Å². The van der Waals surface area contributed by atoms with Gasteiger partial charge in [0, 0.05) is 29.9 Å². The highest BCUT2D eigenvalue weighted by atomic mass is 16.5. The van der Waals surface area contributed by atoms with Crippen molar-refractivity contribution in [3.63, 3.8) is 0 Å². The van der Waals surface area contributed by atoms with Crippen LogP contribution in [-0.2, 0) is 11.2 Å². The SMILES string of the molecule is CNC(=O)c1cccc(NC(=O)Cc2ccc(OC)cc2OC)c1. The Hall–Kier alpha value is -3.02. The standard InChI is InChI=1S/C18H20N2O4/c1-19-18(22)13-5-4-6-14(9-13)20-17(21)10-12-7-8-15(23-2)11-16(12)24-3/h4-9,11H,10H2,1-3H3,(H,19,22)(H,20,21). The average Bonchev–Trinajstić information content (AvgIpc) is 2.61. The summed E-state index contributed by atoms with van der Waals surface area (Å²) in [5.41, 5.74) is 1.80. The van der Waals surface area contributed by atoms with Crippen LogP contribution in [0, 0.1) is 0 Å². The van der Waals surface area contributed by atoms with E-state index < -0.39 is 0 Å². The minimum atomic E-state index is -0.206. The lowest BCUT2D eigenvalue weighted by molar-refractivity contribution is -0.115. The predicted octanol–water partition coefficient (Wildman–Crippen LogP) is 2.24. The molecule has 0 bridgehead atoms. The third-order valence-corrected chi connectivity index (χ3v) is 3.48. The van der Waals surface area contributed by atoms with Crippen molar-refractivity contribution in [2.24, 2.45) is 0 Å². The molecule has 0 aliphatic heterocycles. The molecule has 6 heteroatoms. The van der Waals surface area contributed by atoms with Gasteiger partial charge in [0.25, 0.3) is 5.91 Å². The first-order valence-corrected chi connectivity index (χ1v) is 7.40. The van der Waals surface area contributed by atoms with Crippen molar-refractivity contribution in [1.82, 2.24) is 5.32 Å². The first-order chi connectivity index (χ1) is 11.6. The lowest BCUT2D eigenvalue weighted by Gasteiger charge is -2.11. The van der Waals surface area contributed by atoms with Gasteiger partial charge in [-0.05, 0) is 24.3 Å². The second-order valence-electron chi connectivity index (χ2n) is 5.06. The Balaban J connectivity index is 2.10. The molecular weight excluding hydrogens is 308 g/mol. The van der Waals surface area contributed by atoms with Crippen LogP contribution in [0.25, 0.3) is 0 Å². The van der Waals surface area contributed by atoms with Crippen molar-refractivity contribution in [1.29, 1.82) is 0 Å². The summed E-state index contributed by atoms with van der Waals surface area (Å²) in [6.45, 7) is 0. The molecule has 0 atom stereocenters. The van der Waals surface area contributed by atoms with E-state index in [1.165, 1.54) is 0 Å². The smallest absolute Gasteiger partial charge is 0.251 e. The summed E-state index contributed by atoms with van der Waals surface area (Å²) in [5, 5.41) is 5.33. The van der Waals surface area contributed by atoms with Crippen LogP contribution in [0.1, 0.15) is 15.9 Å². The van der Waals surface area contributed by atoms with Crippen molar-refractivity contribution in [3.05, 3.63) is 53.6 Å². The molecule has 2 rings (SSSR count). The van der Waals surface area contributed by atoms with Gasteiger partial charge < -0.3 is 20.1 Å². The Morgan fingerprint density at radius 3 is 2.50 bits per heavy atom. The lowest BCUT2D eigenvalue weighted by Crippen LogP contribution is -2.19. The van der Waals surface area contributed by atoms with Crippen LogP contribution >= 0.6 is 0 Å². The number of methoxy groups -OCH3 is 2. The Labute approximate surface area is 140 Å². The molecule has 0 radical (unpaired) electrons. The third-order valence-electron chi connectivity index (χ3n) is 3.48. The van der Waals surface area contributed by atoms with E-state index in [2.05, 4.69) is 10.6 Å². The predicted molar refractivity (Wildman–Crippen MR) is 91.7 cm³/mol. The second kappa shape index (κ2) is 8.01. The summed E-state index contributed by atoms with van der Waals surface area (Å²) in [4.78, 5) is 23.9. The molecule has 126 valence electrons. The molecule has 2 amide bonds. The number of carbonyl (C=O) groups excluding carboxylic acids is 2. The number of rotatable bonds is 6. The molecule has 24 heavy (non-hydrogen) atoms. The second-order valence-corrected chi connectivity index (χ2v) is 5.06. The summed E-state index contributed by atoms with van der Waals surface area (Å²) < 4.78 is 10.4. The third kappa shape index (κ3) is 4.25. The zero-order valence-electron chi connectivity index (χ0n) is 13.9. The summed E-state index contributed by atoms with van der Waals surface area (Å²) in [7, 11) is 4.67. The van der Waals surface area contributed by atoms with E-state index in [1.807, 2.05) is 0 Å². The highest BCUT2D eigenvalue weighted by molar-refractivity contribution is 5.97. The summed E-state index contributed by atoms with van der Waals surface area (Å²) in [6, 6.07) is 12.1. The van der Waals surface area contributed by atoms with Gasteiger partial charge in [0.1, 0.15) is 11.5 Å². The van der Waals surface area contributed by atoms with E-state index in [0.717, 1.165) is 5.56 Å². The van der Waals surface area contributed by atoms with Crippen LogP contribution < -0.4 is 20.1 Å². The van der Waals surface area contributed by atoms with Gasteiger partial charge in [0.05, 0.1) is 20.6 Å². The fourth-order valence-electron chi connectivity index (χ4n) is 2.26. The largest absolute Gasteiger partial charge is 0.497 e. The maximum atomic E-state index is 12.3. The number of benzene rings is 2. The number of hydrogen-bond acceptors (Lipinski definition) is 4. The van der Waals surface area contributed by atoms with Crippen LogP contribution in [0.2, 0.25) is 0 Å². The van der Waals surface area contributed by atoms with E-state index in [1.54, 1.807) is 63.7 Å². The van der Waals surface area contributed by atoms with E-state index in [-0.39, 0.29) is 18.2 Å². The van der Waals surface area contributed by atoms with Gasteiger partial charge in [-0.2, -0.15) is 0 Å². The molecule has 0 unspecified atom stereocenters. The molecule has 2 aromatic rings. The molecule has 0 saturated heterocycles. The summed E-state index contributed by atoms with van der Waals surface area (Å²) >= 11 is 0. The van der Waals surface area contributed by atoms with Crippen LogP contribution in [0.4, 0.5) is 5.69 Å². The number of nitrogens with one attached hydrogen (secondary N) is 2. The molecule has 0 aromatic heterocycles. The minimum absolute atomic E-state index is 0.150. The topological polar surface area (TPSA) is 76.7 Å². The normalized spacial score (nSPS) is 9.96. The molecule has 0 saturated carbocycles. The molecule has 0 aliphatic rings. The van der Waals surface area contributed by atoms with E-state index in [9.17, 15) is 9.59 Å². The van der Waals surface area contributed by atoms with Crippen molar-refractivity contribution in [2.45, 2.75) is 6.42 Å². The van der Waals surface area contributed by atoms with Crippen molar-refractivity contribution >= 4 is 17.5 Å². The maximum Gasteiger partial charge on any atom is 0.251 e. The quantitative estimate of drug-likeness (QED) is 0.853. The Morgan fingerprint density at radius 1 is 1.04 bits per heavy atom. The van der Waals surface area contributed by atoms with E-state index in [4.69, 9.17) is 9.47 Å². The Bertz CT molecular complexity index is 744. The van der Waals surface area contributed by atoms with Crippen LogP contribution in [0.15, 0.2) is 42.5 Å². The van der Waals surface area contributed by atoms with Crippen molar-refractivity contribution < 1.29 is 19.1 Å². The zero-order valence-corrected chi connectivity index (χ0v) is 13.9. The van der Waals surface area contributed by atoms with Gasteiger partial charge in [-0.15, -0.1) is 0 Å². The van der Waals surface area contributed by atoms with E-state index >= 15 is 0 Å². The van der Waals surface area contributed by atoms with E-state index in [0.29, 0.717) is 22.7 Å². The minimum Gasteiger partial charge on any atom is -0.497 e. The molecule has 0 spiro atoms. The number of ether oxygens (including phenoxy) is 2. The zero-order chi connectivity index (χ0) is 17.5. The Kier molecular flexibility index (Phi) is 5.78. The Morgan fingerprint density at radius 2 is 1.83 bits per heavy atom. The maximum absolute atomic E-state index is 12.3. The molecule has 0 fully saturated rings. The van der Waals surface area contributed by atoms with Gasteiger partial charge in [0.15, 0.2) is 0 Å². The van der Waals surface area contributed by atoms with Crippen LogP contribution in [-0.4, -0.2) is 33.1 Å². The monoisotopic (exact) mass is 328 g/mol. The highest BCUT2D eigenvalue weighted by Gasteiger charge is 2.11.